The van der Waals surface area contributed by atoms with E-state index in [2.05, 4.69) is 18.7 Å². The first-order valence-corrected chi connectivity index (χ1v) is 5.47. The lowest BCUT2D eigenvalue weighted by molar-refractivity contribution is -0.123. The summed E-state index contributed by atoms with van der Waals surface area (Å²) in [5.41, 5.74) is 0. The molecule has 0 radical (unpaired) electrons. The first-order valence-electron chi connectivity index (χ1n) is 5.47. The summed E-state index contributed by atoms with van der Waals surface area (Å²) >= 11 is 0. The number of hydrogen-bond acceptors (Lipinski definition) is 3. The van der Waals surface area contributed by atoms with Crippen LogP contribution in [-0.2, 0) is 9.47 Å². The van der Waals surface area contributed by atoms with Gasteiger partial charge in [0.15, 0.2) is 6.29 Å². The Balaban J connectivity index is 2.36. The Morgan fingerprint density at radius 3 is 2.43 bits per heavy atom. The molecule has 3 heteroatoms. The average Bonchev–Trinajstić information content (AvgIpc) is 2.17. The van der Waals surface area contributed by atoms with Crippen molar-refractivity contribution in [3.63, 3.8) is 0 Å². The molecule has 0 aliphatic carbocycles. The van der Waals surface area contributed by atoms with Gasteiger partial charge in [0.1, 0.15) is 0 Å². The molecule has 0 saturated carbocycles. The summed E-state index contributed by atoms with van der Waals surface area (Å²) in [6.45, 7) is 6.68. The average molecular weight is 201 g/mol. The number of likely N-dealkylation sites (tertiary alicyclic amines) is 1. The van der Waals surface area contributed by atoms with Crippen molar-refractivity contribution in [3.05, 3.63) is 0 Å². The molecule has 1 rings (SSSR count). The van der Waals surface area contributed by atoms with Crippen molar-refractivity contribution in [2.75, 3.05) is 27.3 Å². The molecule has 2 atom stereocenters. The van der Waals surface area contributed by atoms with E-state index in [4.69, 9.17) is 9.47 Å². The summed E-state index contributed by atoms with van der Waals surface area (Å²) in [5, 5.41) is 0. The third kappa shape index (κ3) is 3.23. The van der Waals surface area contributed by atoms with Crippen LogP contribution in [0.2, 0.25) is 0 Å². The van der Waals surface area contributed by atoms with Crippen LogP contribution >= 0.6 is 0 Å². The van der Waals surface area contributed by atoms with Crippen LogP contribution in [0.4, 0.5) is 0 Å². The Hall–Kier alpha value is -0.120. The number of piperidine rings is 1. The SMILES string of the molecule is COC(CN1CCC(C)CC1C)OC. The van der Waals surface area contributed by atoms with E-state index in [1.807, 2.05) is 0 Å². The number of hydrogen-bond donors (Lipinski definition) is 0. The quantitative estimate of drug-likeness (QED) is 0.647. The molecule has 0 aromatic rings. The Labute approximate surface area is 87.4 Å². The molecule has 0 aromatic carbocycles. The van der Waals surface area contributed by atoms with E-state index < -0.39 is 0 Å². The standard InChI is InChI=1S/C11H23NO2/c1-9-5-6-12(10(2)7-9)8-11(13-3)14-4/h9-11H,5-8H2,1-4H3. The van der Waals surface area contributed by atoms with Gasteiger partial charge in [-0.2, -0.15) is 0 Å². The van der Waals surface area contributed by atoms with E-state index in [9.17, 15) is 0 Å². The second-order valence-electron chi connectivity index (χ2n) is 4.37. The second kappa shape index (κ2) is 5.69. The molecule has 84 valence electrons. The molecule has 3 nitrogen and oxygen atoms in total. The van der Waals surface area contributed by atoms with Crippen LogP contribution in [0.5, 0.6) is 0 Å². The van der Waals surface area contributed by atoms with Gasteiger partial charge in [-0.3, -0.25) is 4.90 Å². The molecular weight excluding hydrogens is 178 g/mol. The predicted octanol–water partition coefficient (Wildman–Crippen LogP) is 1.73. The summed E-state index contributed by atoms with van der Waals surface area (Å²) < 4.78 is 10.4. The lowest BCUT2D eigenvalue weighted by Gasteiger charge is -2.37. The highest BCUT2D eigenvalue weighted by Crippen LogP contribution is 2.22. The van der Waals surface area contributed by atoms with Crippen LogP contribution in [0.3, 0.4) is 0 Å². The molecule has 0 aromatic heterocycles. The topological polar surface area (TPSA) is 21.7 Å². The molecule has 1 saturated heterocycles. The minimum Gasteiger partial charge on any atom is -0.355 e. The van der Waals surface area contributed by atoms with Crippen LogP contribution in [-0.4, -0.2) is 44.5 Å². The van der Waals surface area contributed by atoms with E-state index in [1.54, 1.807) is 14.2 Å². The van der Waals surface area contributed by atoms with Crippen molar-refractivity contribution in [2.45, 2.75) is 39.0 Å². The molecule has 1 aliphatic rings. The zero-order valence-electron chi connectivity index (χ0n) is 9.82. The van der Waals surface area contributed by atoms with Crippen molar-refractivity contribution < 1.29 is 9.47 Å². The minimum atomic E-state index is -0.0779. The van der Waals surface area contributed by atoms with Gasteiger partial charge >= 0.3 is 0 Å². The summed E-state index contributed by atoms with van der Waals surface area (Å²) in [6, 6.07) is 0.659. The fourth-order valence-electron chi connectivity index (χ4n) is 2.16. The highest BCUT2D eigenvalue weighted by molar-refractivity contribution is 4.77. The third-order valence-electron chi connectivity index (χ3n) is 3.19. The van der Waals surface area contributed by atoms with E-state index in [0.29, 0.717) is 6.04 Å². The summed E-state index contributed by atoms with van der Waals surface area (Å²) in [4.78, 5) is 2.46. The second-order valence-corrected chi connectivity index (χ2v) is 4.37. The predicted molar refractivity (Wildman–Crippen MR) is 57.2 cm³/mol. The number of ether oxygens (including phenoxy) is 2. The summed E-state index contributed by atoms with van der Waals surface area (Å²) in [7, 11) is 3.40. The van der Waals surface area contributed by atoms with Crippen molar-refractivity contribution >= 4 is 0 Å². The van der Waals surface area contributed by atoms with Gasteiger partial charge in [-0.05, 0) is 32.2 Å². The molecule has 0 N–H and O–H groups in total. The van der Waals surface area contributed by atoms with Crippen molar-refractivity contribution in [3.8, 4) is 0 Å². The number of methoxy groups -OCH3 is 2. The minimum absolute atomic E-state index is 0.0779. The van der Waals surface area contributed by atoms with E-state index in [-0.39, 0.29) is 6.29 Å². The van der Waals surface area contributed by atoms with E-state index >= 15 is 0 Å². The highest BCUT2D eigenvalue weighted by Gasteiger charge is 2.24. The van der Waals surface area contributed by atoms with Gasteiger partial charge in [0.25, 0.3) is 0 Å². The summed E-state index contributed by atoms with van der Waals surface area (Å²) in [5.74, 6) is 0.866. The van der Waals surface area contributed by atoms with Crippen LogP contribution < -0.4 is 0 Å². The third-order valence-corrected chi connectivity index (χ3v) is 3.19. The van der Waals surface area contributed by atoms with Crippen molar-refractivity contribution in [1.29, 1.82) is 0 Å². The monoisotopic (exact) mass is 201 g/mol. The zero-order chi connectivity index (χ0) is 10.6. The maximum atomic E-state index is 5.21. The molecule has 0 spiro atoms. The van der Waals surface area contributed by atoms with E-state index in [0.717, 1.165) is 12.5 Å². The van der Waals surface area contributed by atoms with Gasteiger partial charge in [0, 0.05) is 26.8 Å². The van der Waals surface area contributed by atoms with E-state index in [1.165, 1.54) is 19.4 Å². The molecular formula is C11H23NO2. The Kier molecular flexibility index (Phi) is 4.85. The fraction of sp³-hybridized carbons (Fsp3) is 1.00. The van der Waals surface area contributed by atoms with Gasteiger partial charge < -0.3 is 9.47 Å². The first-order chi connectivity index (χ1) is 6.67. The lowest BCUT2D eigenvalue weighted by atomic mass is 9.93. The Morgan fingerprint density at radius 1 is 1.29 bits per heavy atom. The smallest absolute Gasteiger partial charge is 0.169 e. The van der Waals surface area contributed by atoms with Crippen LogP contribution in [0.25, 0.3) is 0 Å². The molecule has 2 unspecified atom stereocenters. The first kappa shape index (κ1) is 12.0. The van der Waals surface area contributed by atoms with Gasteiger partial charge in [-0.1, -0.05) is 6.92 Å². The van der Waals surface area contributed by atoms with Gasteiger partial charge in [0.2, 0.25) is 0 Å². The largest absolute Gasteiger partial charge is 0.355 e. The normalized spacial score (nSPS) is 29.8. The highest BCUT2D eigenvalue weighted by atomic mass is 16.7. The van der Waals surface area contributed by atoms with Crippen LogP contribution in [0.15, 0.2) is 0 Å². The van der Waals surface area contributed by atoms with Gasteiger partial charge in [-0.15, -0.1) is 0 Å². The molecule has 1 aliphatic heterocycles. The molecule has 0 bridgehead atoms. The molecule has 0 amide bonds. The maximum absolute atomic E-state index is 5.21. The van der Waals surface area contributed by atoms with Crippen LogP contribution in [0, 0.1) is 5.92 Å². The molecule has 1 fully saturated rings. The maximum Gasteiger partial charge on any atom is 0.169 e. The number of rotatable bonds is 4. The van der Waals surface area contributed by atoms with Crippen molar-refractivity contribution in [2.24, 2.45) is 5.92 Å². The van der Waals surface area contributed by atoms with Crippen molar-refractivity contribution in [1.82, 2.24) is 4.90 Å². The number of nitrogens with zero attached hydrogens (tertiary/aromatic N) is 1. The molecule has 1 heterocycles. The Bertz CT molecular complexity index is 159. The zero-order valence-corrected chi connectivity index (χ0v) is 9.82. The van der Waals surface area contributed by atoms with Crippen LogP contribution in [0.1, 0.15) is 26.7 Å². The lowest BCUT2D eigenvalue weighted by Crippen LogP contribution is -2.44. The van der Waals surface area contributed by atoms with Gasteiger partial charge in [0.05, 0.1) is 0 Å². The summed E-state index contributed by atoms with van der Waals surface area (Å²) in [6.07, 6.45) is 2.51. The van der Waals surface area contributed by atoms with Gasteiger partial charge in [-0.25, -0.2) is 0 Å². The molecule has 14 heavy (non-hydrogen) atoms. The fourth-order valence-corrected chi connectivity index (χ4v) is 2.16. The Morgan fingerprint density at radius 2 is 1.93 bits per heavy atom.